The molecule has 1 fully saturated rings. The second kappa shape index (κ2) is 11.3. The van der Waals surface area contributed by atoms with E-state index in [-0.39, 0.29) is 32.8 Å². The summed E-state index contributed by atoms with van der Waals surface area (Å²) in [6.45, 7) is 0. The molecule has 1 aliphatic heterocycles. The molecule has 4 N–H and O–H groups in total. The van der Waals surface area contributed by atoms with E-state index < -0.39 is 18.2 Å². The zero-order valence-electron chi connectivity index (χ0n) is 21.9. The Balaban J connectivity index is 1.43. The molecule has 14 heteroatoms. The van der Waals surface area contributed by atoms with E-state index in [4.69, 9.17) is 23.2 Å². The number of ether oxygens (including phenoxy) is 1. The van der Waals surface area contributed by atoms with Crippen LogP contribution in [0.4, 0.5) is 34.6 Å². The zero-order valence-corrected chi connectivity index (χ0v) is 23.4. The number of benzene rings is 3. The number of pyridine rings is 1. The van der Waals surface area contributed by atoms with Gasteiger partial charge in [-0.05, 0) is 54.8 Å². The molecule has 1 aromatic heterocycles. The number of nitrogens with zero attached hydrogens (tertiary/aromatic N) is 3. The highest BCUT2D eigenvalue weighted by atomic mass is 35.5. The van der Waals surface area contributed by atoms with Crippen molar-refractivity contribution in [2.45, 2.75) is 31.3 Å². The summed E-state index contributed by atoms with van der Waals surface area (Å²) in [4.78, 5) is 4.31. The van der Waals surface area contributed by atoms with Crippen LogP contribution < -0.4 is 26.3 Å². The van der Waals surface area contributed by atoms with Crippen molar-refractivity contribution in [3.05, 3.63) is 99.7 Å². The second-order valence-corrected chi connectivity index (χ2v) is 10.7. The number of nitrogens with one attached hydrogen (secondary N) is 4. The van der Waals surface area contributed by atoms with Gasteiger partial charge in [0, 0.05) is 29.5 Å². The van der Waals surface area contributed by atoms with Crippen LogP contribution in [0.25, 0.3) is 10.9 Å². The zero-order chi connectivity index (χ0) is 30.3. The topological polar surface area (TPSA) is 97.3 Å². The maximum atomic E-state index is 13.8. The Labute approximate surface area is 252 Å². The van der Waals surface area contributed by atoms with Crippen molar-refractivity contribution in [2.75, 3.05) is 10.6 Å². The summed E-state index contributed by atoms with van der Waals surface area (Å²) in [5, 5.41) is 18.4. The van der Waals surface area contributed by atoms with Gasteiger partial charge in [0.25, 0.3) is 0 Å². The molecule has 0 amide bonds. The molecule has 1 atom stereocenters. The number of aromatic nitrogens is 1. The van der Waals surface area contributed by atoms with Gasteiger partial charge < -0.3 is 20.8 Å². The summed E-state index contributed by atoms with van der Waals surface area (Å²) in [5.74, 6) is -1.04. The number of anilines is 3. The molecule has 2 aliphatic rings. The summed E-state index contributed by atoms with van der Waals surface area (Å²) in [7, 11) is 0. The molecule has 220 valence electrons. The molecule has 0 bridgehead atoms. The highest BCUT2D eigenvalue weighted by Gasteiger charge is 2.34. The van der Waals surface area contributed by atoms with Crippen molar-refractivity contribution in [2.24, 2.45) is 0 Å². The molecular formula is C29H21Cl2F4N7O. The molecule has 1 aliphatic carbocycles. The molecule has 0 spiro atoms. The molecule has 8 nitrogen and oxygen atoms in total. The van der Waals surface area contributed by atoms with Crippen LogP contribution in [-0.4, -0.2) is 22.4 Å². The first-order chi connectivity index (χ1) is 20.6. The Morgan fingerprint density at radius 2 is 1.86 bits per heavy atom. The van der Waals surface area contributed by atoms with E-state index >= 15 is 0 Å². The number of para-hydroxylation sites is 1. The second-order valence-electron chi connectivity index (χ2n) is 9.89. The minimum Gasteiger partial charge on any atom is -0.402 e. The van der Waals surface area contributed by atoms with Crippen molar-refractivity contribution >= 4 is 51.2 Å². The number of alkyl halides is 3. The molecule has 0 saturated heterocycles. The van der Waals surface area contributed by atoms with Crippen molar-refractivity contribution in [1.82, 2.24) is 21.0 Å². The van der Waals surface area contributed by atoms with Crippen LogP contribution in [0.1, 0.15) is 30.0 Å². The quantitative estimate of drug-likeness (QED) is 0.147. The van der Waals surface area contributed by atoms with Crippen LogP contribution in [0, 0.1) is 17.1 Å². The molecule has 0 radical (unpaired) electrons. The van der Waals surface area contributed by atoms with Gasteiger partial charge in [-0.2, -0.15) is 5.26 Å². The van der Waals surface area contributed by atoms with Crippen molar-refractivity contribution < 1.29 is 22.3 Å². The third-order valence-corrected chi connectivity index (χ3v) is 7.45. The first-order valence-corrected chi connectivity index (χ1v) is 13.7. The molecule has 1 unspecified atom stereocenters. The van der Waals surface area contributed by atoms with E-state index in [1.54, 1.807) is 24.3 Å². The van der Waals surface area contributed by atoms with Crippen LogP contribution in [0.2, 0.25) is 10.0 Å². The number of hydrogen-bond donors (Lipinski definition) is 4. The number of fused-ring (bicyclic) bond motifs is 1. The monoisotopic (exact) mass is 629 g/mol. The molecule has 6 rings (SSSR count). The molecule has 43 heavy (non-hydrogen) atoms. The van der Waals surface area contributed by atoms with Gasteiger partial charge in [-0.3, -0.25) is 9.99 Å². The first kappa shape index (κ1) is 28.7. The summed E-state index contributed by atoms with van der Waals surface area (Å²) < 4.78 is 57.6. The fourth-order valence-electron chi connectivity index (χ4n) is 4.73. The number of nitriles is 1. The third-order valence-electron chi connectivity index (χ3n) is 6.86. The predicted molar refractivity (Wildman–Crippen MR) is 155 cm³/mol. The fraction of sp³-hybridized carbons (Fsp3) is 0.172. The van der Waals surface area contributed by atoms with Crippen molar-refractivity contribution in [3.63, 3.8) is 0 Å². The Morgan fingerprint density at radius 3 is 2.56 bits per heavy atom. The van der Waals surface area contributed by atoms with Gasteiger partial charge in [-0.15, -0.1) is 18.7 Å². The summed E-state index contributed by atoms with van der Waals surface area (Å²) in [6, 6.07) is 15.3. The van der Waals surface area contributed by atoms with Gasteiger partial charge in [0.2, 0.25) is 0 Å². The highest BCUT2D eigenvalue weighted by Crippen LogP contribution is 2.42. The van der Waals surface area contributed by atoms with Gasteiger partial charge in [-0.25, -0.2) is 4.39 Å². The number of rotatable bonds is 8. The van der Waals surface area contributed by atoms with Crippen LogP contribution in [0.3, 0.4) is 0 Å². The van der Waals surface area contributed by atoms with Gasteiger partial charge in [0.1, 0.15) is 11.9 Å². The lowest BCUT2D eigenvalue weighted by atomic mass is 10.0. The maximum absolute atomic E-state index is 13.8. The molecule has 1 saturated carbocycles. The maximum Gasteiger partial charge on any atom is 0.573 e. The minimum atomic E-state index is -5.01. The summed E-state index contributed by atoms with van der Waals surface area (Å²) in [6.07, 6.45) is 0.304. The fourth-order valence-corrected chi connectivity index (χ4v) is 5.21. The van der Waals surface area contributed by atoms with Crippen molar-refractivity contribution in [3.8, 4) is 11.8 Å². The molecule has 2 heterocycles. The first-order valence-electron chi connectivity index (χ1n) is 13.0. The van der Waals surface area contributed by atoms with E-state index in [0.717, 1.165) is 24.1 Å². The van der Waals surface area contributed by atoms with Crippen LogP contribution in [-0.2, 0) is 0 Å². The number of halogens is 6. The van der Waals surface area contributed by atoms with Gasteiger partial charge in [0.15, 0.2) is 5.75 Å². The standard InChI is InChI=1S/C29H21Cl2F4N7O/c30-21-2-1-3-23(28(21)43-29(33,34)35)39-25-16(12-36)13-37-27-20(25)10-18(11-22(27)31)38-26(15-4-6-17(32)7-5-15)24-14-42(41-40-24)19-8-9-19/h1-7,10-11,13-14,19,26,38,40-41H,8-9H2,(H,37,39). The highest BCUT2D eigenvalue weighted by molar-refractivity contribution is 6.36. The van der Waals surface area contributed by atoms with E-state index in [1.165, 1.54) is 36.5 Å². The Hall–Kier alpha value is -4.44. The Morgan fingerprint density at radius 1 is 1.09 bits per heavy atom. The average molecular weight is 630 g/mol. The largest absolute Gasteiger partial charge is 0.573 e. The average Bonchev–Trinajstić information content (AvgIpc) is 3.70. The Bertz CT molecular complexity index is 1770. The lowest BCUT2D eigenvalue weighted by Gasteiger charge is -2.22. The van der Waals surface area contributed by atoms with Gasteiger partial charge >= 0.3 is 6.36 Å². The molecule has 3 aromatic carbocycles. The Kier molecular flexibility index (Phi) is 7.56. The van der Waals surface area contributed by atoms with E-state index in [9.17, 15) is 22.8 Å². The lowest BCUT2D eigenvalue weighted by Crippen LogP contribution is -2.38. The van der Waals surface area contributed by atoms with E-state index in [1.807, 2.05) is 17.3 Å². The summed E-state index contributed by atoms with van der Waals surface area (Å²) >= 11 is 12.7. The van der Waals surface area contributed by atoms with Gasteiger partial charge in [0.05, 0.1) is 44.2 Å². The normalized spacial score (nSPS) is 15.5. The van der Waals surface area contributed by atoms with Crippen LogP contribution >= 0.6 is 23.2 Å². The summed E-state index contributed by atoms with van der Waals surface area (Å²) in [5.41, 5.74) is 8.64. The van der Waals surface area contributed by atoms with Crippen molar-refractivity contribution in [1.29, 1.82) is 5.26 Å². The van der Waals surface area contributed by atoms with Gasteiger partial charge in [-0.1, -0.05) is 41.4 Å². The lowest BCUT2D eigenvalue weighted by molar-refractivity contribution is -0.274. The molecule has 4 aromatic rings. The van der Waals surface area contributed by atoms with E-state index in [2.05, 4.69) is 31.3 Å². The predicted octanol–water partition coefficient (Wildman–Crippen LogP) is 7.68. The van der Waals surface area contributed by atoms with E-state index in [0.29, 0.717) is 22.6 Å². The minimum absolute atomic E-state index is 0.0400. The number of hydrogen-bond acceptors (Lipinski definition) is 8. The SMILES string of the molecule is N#Cc1cnc2c(Cl)cc(NC(C3=CN(C4CC4)NN3)c3ccc(F)cc3)cc2c1Nc1cccc(Cl)c1OC(F)(F)F. The van der Waals surface area contributed by atoms with Crippen LogP contribution in [0.5, 0.6) is 5.75 Å². The third kappa shape index (κ3) is 6.19. The molecular weight excluding hydrogens is 609 g/mol. The van der Waals surface area contributed by atoms with Crippen LogP contribution in [0.15, 0.2) is 72.7 Å². The smallest absolute Gasteiger partial charge is 0.402 e. The number of hydrazine groups is 2.